The molecule has 1 aromatic carbocycles. The third-order valence-corrected chi connectivity index (χ3v) is 4.36. The summed E-state index contributed by atoms with van der Waals surface area (Å²) in [4.78, 5) is 21.1. The van der Waals surface area contributed by atoms with Crippen molar-refractivity contribution in [3.05, 3.63) is 47.2 Å². The highest BCUT2D eigenvalue weighted by atomic mass is 35.5. The largest absolute Gasteiger partial charge is 0.496 e. The smallest absolute Gasteiger partial charge is 0.255 e. The van der Waals surface area contributed by atoms with Gasteiger partial charge in [0.05, 0.1) is 29.5 Å². The number of carbonyl (C=O) groups is 1. The van der Waals surface area contributed by atoms with E-state index in [1.807, 2.05) is 13.1 Å². The molecule has 30 heavy (non-hydrogen) atoms. The number of aryl methyl sites for hydroxylation is 1. The number of amides is 1. The van der Waals surface area contributed by atoms with Gasteiger partial charge in [0.1, 0.15) is 17.1 Å². The number of aromatic nitrogens is 4. The minimum atomic E-state index is -1.01. The van der Waals surface area contributed by atoms with Crippen LogP contribution in [0.1, 0.15) is 24.2 Å². The predicted octanol–water partition coefficient (Wildman–Crippen LogP) is 2.78. The molecule has 2 heterocycles. The standard InChI is InChI=1S/C20H23ClN6O3/c1-20(2,29)11-23-18(28)13-6-5-12(9-16(13)30-4)24-19-22-10-14(21)17(25-19)15-7-8-27(3)26-15/h5-10,29H,11H2,1-4H3,(H,23,28)(H,22,24,25). The van der Waals surface area contributed by atoms with Crippen LogP contribution in [0.5, 0.6) is 5.75 Å². The molecule has 158 valence electrons. The number of benzene rings is 1. The lowest BCUT2D eigenvalue weighted by atomic mass is 10.1. The number of hydrogen-bond acceptors (Lipinski definition) is 7. The van der Waals surface area contributed by atoms with Gasteiger partial charge < -0.3 is 20.5 Å². The van der Waals surface area contributed by atoms with Crippen LogP contribution in [0, 0.1) is 0 Å². The number of anilines is 2. The first-order valence-electron chi connectivity index (χ1n) is 9.14. The molecule has 0 aliphatic rings. The van der Waals surface area contributed by atoms with Crippen LogP contribution < -0.4 is 15.4 Å². The van der Waals surface area contributed by atoms with E-state index in [-0.39, 0.29) is 12.5 Å². The van der Waals surface area contributed by atoms with Crippen molar-refractivity contribution in [3.8, 4) is 17.1 Å². The van der Waals surface area contributed by atoms with Crippen molar-refractivity contribution in [2.24, 2.45) is 7.05 Å². The topological polar surface area (TPSA) is 114 Å². The molecular formula is C20H23ClN6O3. The van der Waals surface area contributed by atoms with Crippen LogP contribution in [-0.4, -0.2) is 50.0 Å². The van der Waals surface area contributed by atoms with Gasteiger partial charge in [-0.2, -0.15) is 5.10 Å². The van der Waals surface area contributed by atoms with Crippen molar-refractivity contribution >= 4 is 29.1 Å². The van der Waals surface area contributed by atoms with Crippen molar-refractivity contribution in [2.45, 2.75) is 19.4 Å². The number of methoxy groups -OCH3 is 1. The zero-order chi connectivity index (χ0) is 21.9. The first-order valence-corrected chi connectivity index (χ1v) is 9.52. The molecule has 3 N–H and O–H groups in total. The minimum Gasteiger partial charge on any atom is -0.496 e. The molecule has 0 aliphatic heterocycles. The Morgan fingerprint density at radius 3 is 2.73 bits per heavy atom. The maximum Gasteiger partial charge on any atom is 0.255 e. The van der Waals surface area contributed by atoms with Gasteiger partial charge in [0.2, 0.25) is 5.95 Å². The van der Waals surface area contributed by atoms with Crippen LogP contribution in [0.25, 0.3) is 11.4 Å². The van der Waals surface area contributed by atoms with Gasteiger partial charge in [0, 0.05) is 31.5 Å². The number of nitrogens with zero attached hydrogens (tertiary/aromatic N) is 4. The Hall–Kier alpha value is -3.17. The number of nitrogens with one attached hydrogen (secondary N) is 2. The van der Waals surface area contributed by atoms with Gasteiger partial charge >= 0.3 is 0 Å². The highest BCUT2D eigenvalue weighted by molar-refractivity contribution is 6.32. The Morgan fingerprint density at radius 2 is 2.10 bits per heavy atom. The van der Waals surface area contributed by atoms with Crippen LogP contribution in [0.2, 0.25) is 5.02 Å². The van der Waals surface area contributed by atoms with Gasteiger partial charge in [0.25, 0.3) is 5.91 Å². The molecule has 0 spiro atoms. The second-order valence-corrected chi connectivity index (χ2v) is 7.71. The normalized spacial score (nSPS) is 11.3. The summed E-state index contributed by atoms with van der Waals surface area (Å²) in [6.45, 7) is 3.34. The molecule has 0 saturated heterocycles. The van der Waals surface area contributed by atoms with Gasteiger partial charge in [-0.15, -0.1) is 0 Å². The predicted molar refractivity (Wildman–Crippen MR) is 114 cm³/mol. The molecule has 0 saturated carbocycles. The highest BCUT2D eigenvalue weighted by Crippen LogP contribution is 2.28. The van der Waals surface area contributed by atoms with Crippen molar-refractivity contribution in [2.75, 3.05) is 19.0 Å². The summed E-state index contributed by atoms with van der Waals surface area (Å²) < 4.78 is 7.01. The van der Waals surface area contributed by atoms with E-state index in [2.05, 4.69) is 25.7 Å². The quantitative estimate of drug-likeness (QED) is 0.528. The van der Waals surface area contributed by atoms with E-state index >= 15 is 0 Å². The average Bonchev–Trinajstić information content (AvgIpc) is 3.13. The van der Waals surface area contributed by atoms with Crippen LogP contribution in [-0.2, 0) is 7.05 Å². The van der Waals surface area contributed by atoms with Crippen molar-refractivity contribution < 1.29 is 14.6 Å². The number of hydrogen-bond donors (Lipinski definition) is 3. The molecule has 0 fully saturated rings. The molecule has 0 radical (unpaired) electrons. The van der Waals surface area contributed by atoms with Crippen LogP contribution in [0.4, 0.5) is 11.6 Å². The zero-order valence-corrected chi connectivity index (χ0v) is 17.9. The van der Waals surface area contributed by atoms with E-state index < -0.39 is 5.60 Å². The maximum atomic E-state index is 12.4. The van der Waals surface area contributed by atoms with Crippen LogP contribution in [0.3, 0.4) is 0 Å². The van der Waals surface area contributed by atoms with E-state index in [0.717, 1.165) is 0 Å². The van der Waals surface area contributed by atoms with Gasteiger partial charge in [-0.3, -0.25) is 9.48 Å². The lowest BCUT2D eigenvalue weighted by molar-refractivity contribution is 0.0693. The summed E-state index contributed by atoms with van der Waals surface area (Å²) in [5.41, 5.74) is 1.09. The van der Waals surface area contributed by atoms with Crippen molar-refractivity contribution in [3.63, 3.8) is 0 Å². The molecule has 0 aliphatic carbocycles. The summed E-state index contributed by atoms with van der Waals surface area (Å²) in [6.07, 6.45) is 3.30. The fraction of sp³-hybridized carbons (Fsp3) is 0.300. The zero-order valence-electron chi connectivity index (χ0n) is 17.1. The van der Waals surface area contributed by atoms with E-state index in [1.165, 1.54) is 13.3 Å². The van der Waals surface area contributed by atoms with Crippen LogP contribution >= 0.6 is 11.6 Å². The van der Waals surface area contributed by atoms with Crippen molar-refractivity contribution in [1.82, 2.24) is 25.1 Å². The summed E-state index contributed by atoms with van der Waals surface area (Å²) in [5.74, 6) is 0.342. The second-order valence-electron chi connectivity index (χ2n) is 7.30. The van der Waals surface area contributed by atoms with E-state index in [1.54, 1.807) is 42.9 Å². The Balaban J connectivity index is 1.81. The molecule has 9 nitrogen and oxygen atoms in total. The Bertz CT molecular complexity index is 1060. The van der Waals surface area contributed by atoms with Gasteiger partial charge in [0.15, 0.2) is 0 Å². The summed E-state index contributed by atoms with van der Waals surface area (Å²) in [7, 11) is 3.28. The molecular weight excluding hydrogens is 408 g/mol. The molecule has 0 atom stereocenters. The number of carbonyl (C=O) groups excluding carboxylic acids is 1. The number of aliphatic hydroxyl groups is 1. The van der Waals surface area contributed by atoms with Gasteiger partial charge in [-0.1, -0.05) is 11.6 Å². The van der Waals surface area contributed by atoms with Crippen molar-refractivity contribution in [1.29, 1.82) is 0 Å². The Morgan fingerprint density at radius 1 is 1.33 bits per heavy atom. The molecule has 0 unspecified atom stereocenters. The molecule has 2 aromatic heterocycles. The second kappa shape index (κ2) is 8.68. The lowest BCUT2D eigenvalue weighted by Crippen LogP contribution is -2.38. The number of ether oxygens (including phenoxy) is 1. The Labute approximate surface area is 179 Å². The summed E-state index contributed by atoms with van der Waals surface area (Å²) in [6, 6.07) is 6.80. The maximum absolute atomic E-state index is 12.4. The summed E-state index contributed by atoms with van der Waals surface area (Å²) in [5, 5.41) is 20.2. The average molecular weight is 431 g/mol. The molecule has 1 amide bonds. The monoisotopic (exact) mass is 430 g/mol. The molecule has 3 aromatic rings. The highest BCUT2D eigenvalue weighted by Gasteiger charge is 2.18. The minimum absolute atomic E-state index is 0.115. The molecule has 0 bridgehead atoms. The number of halogens is 1. The first-order chi connectivity index (χ1) is 14.2. The molecule has 3 rings (SSSR count). The fourth-order valence-electron chi connectivity index (χ4n) is 2.63. The van der Waals surface area contributed by atoms with E-state index in [9.17, 15) is 9.90 Å². The third-order valence-electron chi connectivity index (χ3n) is 4.08. The lowest BCUT2D eigenvalue weighted by Gasteiger charge is -2.18. The van der Waals surface area contributed by atoms with Crippen LogP contribution in [0.15, 0.2) is 36.7 Å². The summed E-state index contributed by atoms with van der Waals surface area (Å²) >= 11 is 6.22. The Kier molecular flexibility index (Phi) is 6.23. The fourth-order valence-corrected chi connectivity index (χ4v) is 2.81. The first kappa shape index (κ1) is 21.5. The number of rotatable bonds is 7. The third kappa shape index (κ3) is 5.25. The van der Waals surface area contributed by atoms with E-state index in [4.69, 9.17) is 16.3 Å². The van der Waals surface area contributed by atoms with Gasteiger partial charge in [-0.25, -0.2) is 9.97 Å². The van der Waals surface area contributed by atoms with Gasteiger partial charge in [-0.05, 0) is 32.0 Å². The molecule has 10 heteroatoms. The van der Waals surface area contributed by atoms with E-state index in [0.29, 0.717) is 39.4 Å². The SMILES string of the molecule is COc1cc(Nc2ncc(Cl)c(-c3ccn(C)n3)n2)ccc1C(=O)NCC(C)(C)O.